The number of carbonyl (C=O) groups excluding carboxylic acids is 1. The lowest BCUT2D eigenvalue weighted by Crippen LogP contribution is -2.11. The van der Waals surface area contributed by atoms with E-state index in [1.165, 1.54) is 11.3 Å². The zero-order chi connectivity index (χ0) is 16.5. The van der Waals surface area contributed by atoms with Gasteiger partial charge in [-0.25, -0.2) is 4.98 Å². The van der Waals surface area contributed by atoms with Gasteiger partial charge >= 0.3 is 0 Å². The molecule has 1 N–H and O–H groups in total. The summed E-state index contributed by atoms with van der Waals surface area (Å²) in [4.78, 5) is 16.9. The third-order valence-electron chi connectivity index (χ3n) is 3.54. The highest BCUT2D eigenvalue weighted by Gasteiger charge is 2.17. The fourth-order valence-electron chi connectivity index (χ4n) is 2.46. The molecule has 0 radical (unpaired) electrons. The number of amides is 1. The maximum atomic E-state index is 12.4. The van der Waals surface area contributed by atoms with Crippen molar-refractivity contribution in [3.8, 4) is 17.2 Å². The van der Waals surface area contributed by atoms with Crippen LogP contribution in [0.15, 0.2) is 36.4 Å². The van der Waals surface area contributed by atoms with Gasteiger partial charge < -0.3 is 14.2 Å². The summed E-state index contributed by atoms with van der Waals surface area (Å²) >= 11 is 1.41. The summed E-state index contributed by atoms with van der Waals surface area (Å²) in [5, 5.41) is 3.35. The number of fused-ring (bicyclic) bond motifs is 2. The second kappa shape index (κ2) is 6.01. The summed E-state index contributed by atoms with van der Waals surface area (Å²) in [6, 6.07) is 10.8. The Bertz CT molecular complexity index is 922. The normalized spacial score (nSPS) is 12.4. The van der Waals surface area contributed by atoms with Crippen LogP contribution in [0.2, 0.25) is 0 Å². The largest absolute Gasteiger partial charge is 0.492 e. The van der Waals surface area contributed by atoms with Crippen LogP contribution < -0.4 is 19.5 Å². The molecule has 0 atom stereocenters. The predicted octanol–water partition coefficient (Wildman–Crippen LogP) is 3.68. The molecule has 24 heavy (non-hydrogen) atoms. The molecule has 0 unspecified atom stereocenters. The van der Waals surface area contributed by atoms with E-state index in [-0.39, 0.29) is 12.7 Å². The molecule has 7 heteroatoms. The van der Waals surface area contributed by atoms with E-state index in [0.29, 0.717) is 28.8 Å². The smallest absolute Gasteiger partial charge is 0.257 e. The fraction of sp³-hybridized carbons (Fsp3) is 0.176. The Morgan fingerprint density at radius 1 is 1.29 bits per heavy atom. The molecule has 0 saturated heterocycles. The number of rotatable bonds is 4. The lowest BCUT2D eigenvalue weighted by molar-refractivity contribution is 0.102. The van der Waals surface area contributed by atoms with Crippen molar-refractivity contribution in [3.63, 3.8) is 0 Å². The molecule has 122 valence electrons. The number of ether oxygens (including phenoxy) is 3. The number of hydrogen-bond donors (Lipinski definition) is 1. The van der Waals surface area contributed by atoms with E-state index >= 15 is 0 Å². The van der Waals surface area contributed by atoms with Crippen LogP contribution in [0.3, 0.4) is 0 Å². The number of carbonyl (C=O) groups is 1. The minimum atomic E-state index is -0.245. The highest BCUT2D eigenvalue weighted by Crippen LogP contribution is 2.34. The van der Waals surface area contributed by atoms with Crippen molar-refractivity contribution in [1.29, 1.82) is 0 Å². The van der Waals surface area contributed by atoms with Crippen LogP contribution in [0.4, 0.5) is 5.13 Å². The second-order valence-electron chi connectivity index (χ2n) is 5.08. The van der Waals surface area contributed by atoms with Crippen molar-refractivity contribution in [2.75, 3.05) is 18.7 Å². The van der Waals surface area contributed by atoms with Crippen LogP contribution in [0, 0.1) is 0 Å². The average Bonchev–Trinajstić information content (AvgIpc) is 3.20. The van der Waals surface area contributed by atoms with Crippen molar-refractivity contribution >= 4 is 32.6 Å². The molecule has 2 aromatic carbocycles. The number of hydrogen-bond acceptors (Lipinski definition) is 6. The van der Waals surface area contributed by atoms with Gasteiger partial charge in [-0.05, 0) is 37.3 Å². The first-order valence-electron chi connectivity index (χ1n) is 7.48. The van der Waals surface area contributed by atoms with Crippen molar-refractivity contribution in [2.24, 2.45) is 0 Å². The van der Waals surface area contributed by atoms with Crippen molar-refractivity contribution < 1.29 is 19.0 Å². The molecule has 3 aromatic rings. The lowest BCUT2D eigenvalue weighted by Gasteiger charge is -2.03. The van der Waals surface area contributed by atoms with Crippen LogP contribution in [0.25, 0.3) is 10.2 Å². The summed E-state index contributed by atoms with van der Waals surface area (Å²) < 4.78 is 17.1. The van der Waals surface area contributed by atoms with Gasteiger partial charge in [0.2, 0.25) is 6.79 Å². The summed E-state index contributed by atoms with van der Waals surface area (Å²) in [6.07, 6.45) is 0. The molecule has 4 rings (SSSR count). The van der Waals surface area contributed by atoms with Crippen LogP contribution in [-0.2, 0) is 0 Å². The van der Waals surface area contributed by atoms with Crippen molar-refractivity contribution in [2.45, 2.75) is 6.92 Å². The van der Waals surface area contributed by atoms with E-state index in [1.54, 1.807) is 18.2 Å². The Morgan fingerprint density at radius 3 is 3.04 bits per heavy atom. The van der Waals surface area contributed by atoms with Gasteiger partial charge in [0.25, 0.3) is 5.91 Å². The molecule has 0 fully saturated rings. The van der Waals surface area contributed by atoms with Gasteiger partial charge in [-0.1, -0.05) is 17.4 Å². The summed E-state index contributed by atoms with van der Waals surface area (Å²) in [5.41, 5.74) is 1.24. The number of benzene rings is 2. The van der Waals surface area contributed by atoms with Gasteiger partial charge in [-0.2, -0.15) is 0 Å². The topological polar surface area (TPSA) is 69.7 Å². The first-order valence-corrected chi connectivity index (χ1v) is 8.29. The van der Waals surface area contributed by atoms with Crippen molar-refractivity contribution in [1.82, 2.24) is 4.98 Å². The van der Waals surface area contributed by atoms with Gasteiger partial charge in [0.1, 0.15) is 11.3 Å². The molecule has 1 amide bonds. The molecule has 2 heterocycles. The number of nitrogens with one attached hydrogen (secondary N) is 1. The highest BCUT2D eigenvalue weighted by molar-refractivity contribution is 7.22. The molecule has 1 aliphatic heterocycles. The zero-order valence-corrected chi connectivity index (χ0v) is 13.7. The third kappa shape index (κ3) is 2.63. The summed E-state index contributed by atoms with van der Waals surface area (Å²) in [7, 11) is 0. The lowest BCUT2D eigenvalue weighted by atomic mass is 10.2. The third-order valence-corrected chi connectivity index (χ3v) is 4.47. The second-order valence-corrected chi connectivity index (χ2v) is 6.11. The van der Waals surface area contributed by atoms with E-state index in [1.807, 2.05) is 25.1 Å². The molecular formula is C17H14N2O4S. The highest BCUT2D eigenvalue weighted by atomic mass is 32.1. The molecule has 0 aliphatic carbocycles. The number of thiazole rings is 1. The predicted molar refractivity (Wildman–Crippen MR) is 91.3 cm³/mol. The van der Waals surface area contributed by atoms with E-state index in [4.69, 9.17) is 14.2 Å². The average molecular weight is 342 g/mol. The quantitative estimate of drug-likeness (QED) is 0.783. The van der Waals surface area contributed by atoms with Gasteiger partial charge in [0.05, 0.1) is 11.3 Å². The number of anilines is 1. The minimum Gasteiger partial charge on any atom is -0.492 e. The molecule has 6 nitrogen and oxygen atoms in total. The van der Waals surface area contributed by atoms with Crippen LogP contribution >= 0.6 is 11.3 Å². The van der Waals surface area contributed by atoms with E-state index in [0.717, 1.165) is 16.0 Å². The van der Waals surface area contributed by atoms with Gasteiger partial charge in [0, 0.05) is 5.56 Å². The van der Waals surface area contributed by atoms with E-state index < -0.39 is 0 Å². The maximum Gasteiger partial charge on any atom is 0.257 e. The summed E-state index contributed by atoms with van der Waals surface area (Å²) in [5.74, 6) is 1.69. The Balaban J connectivity index is 1.59. The standard InChI is InChI=1S/C17H14N2O4S/c1-2-21-12-4-3-5-14-15(12)18-17(24-14)19-16(20)10-6-7-11-13(8-10)23-9-22-11/h3-8H,2,9H2,1H3,(H,18,19,20). The SMILES string of the molecule is CCOc1cccc2sc(NC(=O)c3ccc4c(c3)OCO4)nc12. The monoisotopic (exact) mass is 342 g/mol. The number of aromatic nitrogens is 1. The zero-order valence-electron chi connectivity index (χ0n) is 12.9. The number of para-hydroxylation sites is 1. The molecule has 1 aromatic heterocycles. The van der Waals surface area contributed by atoms with Crippen molar-refractivity contribution in [3.05, 3.63) is 42.0 Å². The van der Waals surface area contributed by atoms with E-state index in [9.17, 15) is 4.79 Å². The van der Waals surface area contributed by atoms with Crippen LogP contribution in [-0.4, -0.2) is 24.3 Å². The molecule has 0 bridgehead atoms. The Kier molecular flexibility index (Phi) is 3.70. The van der Waals surface area contributed by atoms with Crippen LogP contribution in [0.5, 0.6) is 17.2 Å². The fourth-order valence-corrected chi connectivity index (χ4v) is 3.33. The summed E-state index contributed by atoms with van der Waals surface area (Å²) in [6.45, 7) is 2.67. The van der Waals surface area contributed by atoms with Gasteiger partial charge in [-0.15, -0.1) is 0 Å². The van der Waals surface area contributed by atoms with Gasteiger partial charge in [-0.3, -0.25) is 10.1 Å². The van der Waals surface area contributed by atoms with E-state index in [2.05, 4.69) is 10.3 Å². The first-order chi connectivity index (χ1) is 11.7. The molecule has 0 spiro atoms. The number of nitrogens with zero attached hydrogens (tertiary/aromatic N) is 1. The Morgan fingerprint density at radius 2 is 2.17 bits per heavy atom. The minimum absolute atomic E-state index is 0.179. The molecular weight excluding hydrogens is 328 g/mol. The van der Waals surface area contributed by atoms with Gasteiger partial charge in [0.15, 0.2) is 16.6 Å². The molecule has 1 aliphatic rings. The Hall–Kier alpha value is -2.80. The van der Waals surface area contributed by atoms with Crippen LogP contribution in [0.1, 0.15) is 17.3 Å². The first kappa shape index (κ1) is 14.8. The molecule has 0 saturated carbocycles. The Labute approximate surface area is 142 Å². The maximum absolute atomic E-state index is 12.4.